The van der Waals surface area contributed by atoms with E-state index in [0.29, 0.717) is 19.7 Å². The topological polar surface area (TPSA) is 50.4 Å². The molecular weight excluding hydrogens is 276 g/mol. The molecule has 22 heavy (non-hydrogen) atoms. The Labute approximate surface area is 131 Å². The van der Waals surface area contributed by atoms with Crippen molar-refractivity contribution in [3.05, 3.63) is 65.2 Å². The number of urea groups is 1. The lowest BCUT2D eigenvalue weighted by molar-refractivity contribution is 0.236. The zero-order valence-electron chi connectivity index (χ0n) is 13.1. The highest BCUT2D eigenvalue weighted by atomic mass is 16.5. The summed E-state index contributed by atoms with van der Waals surface area (Å²) in [5, 5.41) is 5.59. The molecule has 0 saturated carbocycles. The van der Waals surface area contributed by atoms with Gasteiger partial charge in [0.05, 0.1) is 6.54 Å². The van der Waals surface area contributed by atoms with Crippen LogP contribution in [0.4, 0.5) is 4.79 Å². The Morgan fingerprint density at radius 3 is 2.14 bits per heavy atom. The van der Waals surface area contributed by atoms with Crippen molar-refractivity contribution < 1.29 is 9.53 Å². The molecule has 0 bridgehead atoms. The summed E-state index contributed by atoms with van der Waals surface area (Å²) in [6, 6.07) is 15.7. The van der Waals surface area contributed by atoms with E-state index in [9.17, 15) is 4.79 Å². The number of carbonyl (C=O) groups is 1. The van der Waals surface area contributed by atoms with E-state index in [1.54, 1.807) is 0 Å². The van der Waals surface area contributed by atoms with Crippen LogP contribution >= 0.6 is 0 Å². The summed E-state index contributed by atoms with van der Waals surface area (Å²) in [5.74, 6) is 0.812. The number of amides is 2. The Morgan fingerprint density at radius 2 is 1.50 bits per heavy atom. The summed E-state index contributed by atoms with van der Waals surface area (Å²) in [6.07, 6.45) is 0. The molecular formula is C18H22N2O2. The molecule has 0 heterocycles. The maximum atomic E-state index is 11.7. The summed E-state index contributed by atoms with van der Waals surface area (Å²) in [5.41, 5.74) is 3.49. The van der Waals surface area contributed by atoms with Crippen LogP contribution in [0.1, 0.15) is 16.7 Å². The van der Waals surface area contributed by atoms with Crippen LogP contribution in [0.5, 0.6) is 5.75 Å². The van der Waals surface area contributed by atoms with Gasteiger partial charge in [0.15, 0.2) is 0 Å². The largest absolute Gasteiger partial charge is 0.492 e. The smallest absolute Gasteiger partial charge is 0.315 e. The first-order valence-electron chi connectivity index (χ1n) is 7.40. The van der Waals surface area contributed by atoms with Crippen molar-refractivity contribution in [2.24, 2.45) is 0 Å². The van der Waals surface area contributed by atoms with Crippen molar-refractivity contribution in [1.82, 2.24) is 10.6 Å². The van der Waals surface area contributed by atoms with Crippen molar-refractivity contribution in [3.63, 3.8) is 0 Å². The first-order chi connectivity index (χ1) is 10.6. The number of benzene rings is 2. The molecule has 0 spiro atoms. The third-order valence-corrected chi connectivity index (χ3v) is 3.25. The minimum absolute atomic E-state index is 0.187. The molecule has 0 aliphatic carbocycles. The molecule has 2 N–H and O–H groups in total. The van der Waals surface area contributed by atoms with Gasteiger partial charge in [-0.1, -0.05) is 47.5 Å². The van der Waals surface area contributed by atoms with Gasteiger partial charge in [-0.05, 0) is 31.5 Å². The second-order valence-corrected chi connectivity index (χ2v) is 5.26. The highest BCUT2D eigenvalue weighted by Crippen LogP contribution is 2.10. The number of aryl methyl sites for hydroxylation is 2. The van der Waals surface area contributed by atoms with E-state index in [1.165, 1.54) is 11.1 Å². The van der Waals surface area contributed by atoms with Gasteiger partial charge in [-0.3, -0.25) is 0 Å². The molecule has 0 radical (unpaired) electrons. The molecule has 2 aromatic carbocycles. The zero-order chi connectivity index (χ0) is 15.8. The van der Waals surface area contributed by atoms with Gasteiger partial charge in [-0.25, -0.2) is 4.79 Å². The molecule has 0 fully saturated rings. The second-order valence-electron chi connectivity index (χ2n) is 5.26. The molecule has 2 aromatic rings. The van der Waals surface area contributed by atoms with Crippen molar-refractivity contribution in [3.8, 4) is 5.75 Å². The quantitative estimate of drug-likeness (QED) is 0.805. The summed E-state index contributed by atoms with van der Waals surface area (Å²) in [4.78, 5) is 11.7. The Hall–Kier alpha value is -2.49. The van der Waals surface area contributed by atoms with E-state index in [4.69, 9.17) is 4.74 Å². The molecule has 0 atom stereocenters. The first kappa shape index (κ1) is 15.9. The number of carbonyl (C=O) groups excluding carboxylic acids is 1. The highest BCUT2D eigenvalue weighted by Gasteiger charge is 2.00. The molecule has 4 heteroatoms. The average molecular weight is 298 g/mol. The summed E-state index contributed by atoms with van der Waals surface area (Å²) >= 11 is 0. The van der Waals surface area contributed by atoms with Crippen LogP contribution in [0.3, 0.4) is 0 Å². The van der Waals surface area contributed by atoms with Crippen LogP contribution in [-0.4, -0.2) is 19.2 Å². The molecule has 116 valence electrons. The third kappa shape index (κ3) is 5.48. The summed E-state index contributed by atoms with van der Waals surface area (Å²) in [6.45, 7) is 5.50. The normalized spacial score (nSPS) is 10.1. The van der Waals surface area contributed by atoms with Gasteiger partial charge in [0.2, 0.25) is 0 Å². The molecule has 0 aliphatic heterocycles. The van der Waals surface area contributed by atoms with E-state index in [-0.39, 0.29) is 6.03 Å². The Bertz CT molecular complexity index is 591. The first-order valence-corrected chi connectivity index (χ1v) is 7.40. The fraction of sp³-hybridized carbons (Fsp3) is 0.278. The van der Waals surface area contributed by atoms with Gasteiger partial charge in [-0.15, -0.1) is 0 Å². The second kappa shape index (κ2) is 8.08. The minimum Gasteiger partial charge on any atom is -0.492 e. The predicted octanol–water partition coefficient (Wildman–Crippen LogP) is 3.18. The minimum atomic E-state index is -0.187. The van der Waals surface area contributed by atoms with E-state index >= 15 is 0 Å². The number of hydrogen-bond donors (Lipinski definition) is 2. The van der Waals surface area contributed by atoms with Crippen molar-refractivity contribution in [2.45, 2.75) is 20.4 Å². The van der Waals surface area contributed by atoms with Crippen LogP contribution in [0.25, 0.3) is 0 Å². The maximum absolute atomic E-state index is 11.7. The predicted molar refractivity (Wildman–Crippen MR) is 88.1 cm³/mol. The van der Waals surface area contributed by atoms with Gasteiger partial charge in [0.25, 0.3) is 0 Å². The van der Waals surface area contributed by atoms with Crippen molar-refractivity contribution in [1.29, 1.82) is 0 Å². The SMILES string of the molecule is Cc1ccc(CNC(=O)NCCOc2ccc(C)cc2)cc1. The van der Waals surface area contributed by atoms with Gasteiger partial charge in [0, 0.05) is 6.54 Å². The fourth-order valence-electron chi connectivity index (χ4n) is 1.92. The Morgan fingerprint density at radius 1 is 0.909 bits per heavy atom. The van der Waals surface area contributed by atoms with E-state index in [2.05, 4.69) is 10.6 Å². The maximum Gasteiger partial charge on any atom is 0.315 e. The van der Waals surface area contributed by atoms with Gasteiger partial charge < -0.3 is 15.4 Å². The van der Waals surface area contributed by atoms with Crippen LogP contribution in [0, 0.1) is 13.8 Å². The average Bonchev–Trinajstić information content (AvgIpc) is 2.53. The van der Waals surface area contributed by atoms with Crippen molar-refractivity contribution >= 4 is 6.03 Å². The lowest BCUT2D eigenvalue weighted by atomic mass is 10.1. The molecule has 2 amide bonds. The van der Waals surface area contributed by atoms with Gasteiger partial charge in [-0.2, -0.15) is 0 Å². The fourth-order valence-corrected chi connectivity index (χ4v) is 1.92. The van der Waals surface area contributed by atoms with E-state index in [1.807, 2.05) is 62.4 Å². The van der Waals surface area contributed by atoms with Crippen LogP contribution < -0.4 is 15.4 Å². The van der Waals surface area contributed by atoms with E-state index in [0.717, 1.165) is 11.3 Å². The Kier molecular flexibility index (Phi) is 5.83. The molecule has 0 aliphatic rings. The zero-order valence-corrected chi connectivity index (χ0v) is 13.1. The Balaban J connectivity index is 1.61. The summed E-state index contributed by atoms with van der Waals surface area (Å²) in [7, 11) is 0. The molecule has 0 saturated heterocycles. The van der Waals surface area contributed by atoms with Gasteiger partial charge in [0.1, 0.15) is 12.4 Å². The number of hydrogen-bond acceptors (Lipinski definition) is 2. The van der Waals surface area contributed by atoms with Gasteiger partial charge >= 0.3 is 6.03 Å². The third-order valence-electron chi connectivity index (χ3n) is 3.25. The molecule has 0 unspecified atom stereocenters. The molecule has 0 aromatic heterocycles. The van der Waals surface area contributed by atoms with Crippen LogP contribution in [0.15, 0.2) is 48.5 Å². The standard InChI is InChI=1S/C18H22N2O2/c1-14-3-7-16(8-4-14)13-20-18(21)19-11-12-22-17-9-5-15(2)6-10-17/h3-10H,11-13H2,1-2H3,(H2,19,20,21). The molecule has 2 rings (SSSR count). The van der Waals surface area contributed by atoms with Crippen LogP contribution in [0.2, 0.25) is 0 Å². The number of ether oxygens (including phenoxy) is 1. The summed E-state index contributed by atoms with van der Waals surface area (Å²) < 4.78 is 5.54. The van der Waals surface area contributed by atoms with Crippen molar-refractivity contribution in [2.75, 3.05) is 13.2 Å². The lowest BCUT2D eigenvalue weighted by Gasteiger charge is -2.09. The molecule has 4 nitrogen and oxygen atoms in total. The van der Waals surface area contributed by atoms with Crippen LogP contribution in [-0.2, 0) is 6.54 Å². The number of rotatable bonds is 6. The number of nitrogens with one attached hydrogen (secondary N) is 2. The lowest BCUT2D eigenvalue weighted by Crippen LogP contribution is -2.37. The monoisotopic (exact) mass is 298 g/mol. The highest BCUT2D eigenvalue weighted by molar-refractivity contribution is 5.73. The van der Waals surface area contributed by atoms with E-state index < -0.39 is 0 Å².